The number of halogens is 3. The summed E-state index contributed by atoms with van der Waals surface area (Å²) in [5.41, 5.74) is 1.03. The maximum atomic E-state index is 12.7. The number of benzene rings is 2. The molecule has 0 bridgehead atoms. The third-order valence-electron chi connectivity index (χ3n) is 4.44. The molecule has 2 aromatic carbocycles. The molecule has 0 saturated carbocycles. The van der Waals surface area contributed by atoms with Crippen molar-refractivity contribution in [2.75, 3.05) is 6.54 Å². The molecule has 1 fully saturated rings. The number of amides is 2. The van der Waals surface area contributed by atoms with Crippen molar-refractivity contribution in [3.05, 3.63) is 85.3 Å². The number of carbonyl (C=O) groups excluding carboxylic acids is 3. The SMILES string of the molecule is O=C(CN1C(=O)S/C(=C/c2ccc(-c3cc(Cl)ccc3Cl)o2)C1=O)c1ccc(Br)cc1. The number of Topliss-reactive ketones (excluding diaryl/α,β-unsaturated/α-hetero) is 1. The first-order valence-corrected chi connectivity index (χ1v) is 11.3. The van der Waals surface area contributed by atoms with Gasteiger partial charge in [0, 0.05) is 26.7 Å². The molecule has 0 spiro atoms. The van der Waals surface area contributed by atoms with Gasteiger partial charge in [-0.15, -0.1) is 0 Å². The van der Waals surface area contributed by atoms with E-state index in [-0.39, 0.29) is 17.2 Å². The van der Waals surface area contributed by atoms with Crippen molar-refractivity contribution in [3.8, 4) is 11.3 Å². The number of hydrogen-bond acceptors (Lipinski definition) is 5. The van der Waals surface area contributed by atoms with Gasteiger partial charge in [-0.1, -0.05) is 51.3 Å². The van der Waals surface area contributed by atoms with E-state index < -0.39 is 11.1 Å². The average Bonchev–Trinajstić information content (AvgIpc) is 3.30. The number of ketones is 1. The second kappa shape index (κ2) is 9.04. The van der Waals surface area contributed by atoms with Crippen LogP contribution in [0.5, 0.6) is 0 Å². The Hall–Kier alpha value is -2.32. The fourth-order valence-corrected chi connectivity index (χ4v) is 4.36. The highest BCUT2D eigenvalue weighted by Gasteiger charge is 2.36. The Morgan fingerprint density at radius 1 is 1.06 bits per heavy atom. The van der Waals surface area contributed by atoms with Gasteiger partial charge in [0.2, 0.25) is 0 Å². The van der Waals surface area contributed by atoms with Crippen molar-refractivity contribution in [1.29, 1.82) is 0 Å². The highest BCUT2D eigenvalue weighted by atomic mass is 79.9. The van der Waals surface area contributed by atoms with Gasteiger partial charge < -0.3 is 4.42 Å². The minimum atomic E-state index is -0.542. The zero-order valence-corrected chi connectivity index (χ0v) is 19.5. The molecule has 1 saturated heterocycles. The molecule has 1 aliphatic heterocycles. The molecule has 0 N–H and O–H groups in total. The quantitative estimate of drug-likeness (QED) is 0.261. The molecule has 1 aliphatic rings. The maximum Gasteiger partial charge on any atom is 0.293 e. The van der Waals surface area contributed by atoms with Crippen LogP contribution in [-0.4, -0.2) is 28.4 Å². The first-order chi connectivity index (χ1) is 14.8. The Morgan fingerprint density at radius 3 is 2.55 bits per heavy atom. The summed E-state index contributed by atoms with van der Waals surface area (Å²) in [6.07, 6.45) is 1.47. The maximum absolute atomic E-state index is 12.7. The predicted octanol–water partition coefficient (Wildman–Crippen LogP) is 6.94. The summed E-state index contributed by atoms with van der Waals surface area (Å²) in [7, 11) is 0. The van der Waals surface area contributed by atoms with E-state index in [0.29, 0.717) is 32.7 Å². The van der Waals surface area contributed by atoms with Crippen molar-refractivity contribution >= 4 is 73.9 Å². The Bertz CT molecular complexity index is 1240. The number of thioether (sulfide) groups is 1. The molecule has 1 aromatic heterocycles. The molecule has 0 radical (unpaired) electrons. The third kappa shape index (κ3) is 4.80. The van der Waals surface area contributed by atoms with Crippen LogP contribution in [0, 0.1) is 0 Å². The highest BCUT2D eigenvalue weighted by Crippen LogP contribution is 2.35. The molecular formula is C22H12BrCl2NO4S. The van der Waals surface area contributed by atoms with Gasteiger partial charge in [0.25, 0.3) is 11.1 Å². The molecule has 31 heavy (non-hydrogen) atoms. The van der Waals surface area contributed by atoms with Crippen LogP contribution < -0.4 is 0 Å². The zero-order valence-electron chi connectivity index (χ0n) is 15.6. The van der Waals surface area contributed by atoms with Crippen molar-refractivity contribution in [2.24, 2.45) is 0 Å². The van der Waals surface area contributed by atoms with E-state index in [1.54, 1.807) is 54.6 Å². The lowest BCUT2D eigenvalue weighted by atomic mass is 10.1. The van der Waals surface area contributed by atoms with E-state index >= 15 is 0 Å². The Morgan fingerprint density at radius 2 is 1.81 bits per heavy atom. The molecule has 0 aliphatic carbocycles. The highest BCUT2D eigenvalue weighted by molar-refractivity contribution is 9.10. The van der Waals surface area contributed by atoms with Crippen LogP contribution in [0.1, 0.15) is 16.1 Å². The zero-order chi connectivity index (χ0) is 22.1. The molecular weight excluding hydrogens is 525 g/mol. The van der Waals surface area contributed by atoms with Crippen LogP contribution >= 0.6 is 50.9 Å². The summed E-state index contributed by atoms with van der Waals surface area (Å²) in [5, 5.41) is 0.470. The lowest BCUT2D eigenvalue weighted by Gasteiger charge is -2.11. The number of hydrogen-bond donors (Lipinski definition) is 0. The first-order valence-electron chi connectivity index (χ1n) is 8.91. The molecule has 3 aromatic rings. The third-order valence-corrected chi connectivity index (χ3v) is 6.44. The Labute approximate surface area is 200 Å². The standard InChI is InChI=1S/C22H12BrCl2NO4S/c23-13-3-1-12(2-4-13)18(27)11-26-21(28)20(31-22(26)29)10-15-6-8-19(30-15)16-9-14(24)5-7-17(16)25/h1-10H,11H2/b20-10+. The Kier molecular flexibility index (Phi) is 6.39. The van der Waals surface area contributed by atoms with Crippen molar-refractivity contribution < 1.29 is 18.8 Å². The molecule has 156 valence electrons. The van der Waals surface area contributed by atoms with Crippen LogP contribution in [0.3, 0.4) is 0 Å². The van der Waals surface area contributed by atoms with Crippen LogP contribution in [0.15, 0.2) is 68.4 Å². The smallest absolute Gasteiger partial charge is 0.293 e. The number of nitrogens with zero attached hydrogens (tertiary/aromatic N) is 1. The van der Waals surface area contributed by atoms with Crippen molar-refractivity contribution in [2.45, 2.75) is 0 Å². The summed E-state index contributed by atoms with van der Waals surface area (Å²) in [6, 6.07) is 15.1. The van der Waals surface area contributed by atoms with E-state index in [2.05, 4.69) is 15.9 Å². The lowest BCUT2D eigenvalue weighted by Crippen LogP contribution is -2.33. The van der Waals surface area contributed by atoms with Gasteiger partial charge in [0.15, 0.2) is 5.78 Å². The van der Waals surface area contributed by atoms with Crippen LogP contribution in [0.4, 0.5) is 4.79 Å². The fourth-order valence-electron chi connectivity index (χ4n) is 2.90. The average molecular weight is 537 g/mol. The van der Waals surface area contributed by atoms with Gasteiger partial charge in [-0.3, -0.25) is 19.3 Å². The molecule has 0 unspecified atom stereocenters. The fraction of sp³-hybridized carbons (Fsp3) is 0.0455. The topological polar surface area (TPSA) is 67.6 Å². The second-order valence-corrected chi connectivity index (χ2v) is 9.28. The van der Waals surface area contributed by atoms with E-state index in [9.17, 15) is 14.4 Å². The Balaban J connectivity index is 1.52. The van der Waals surface area contributed by atoms with E-state index in [1.165, 1.54) is 6.08 Å². The van der Waals surface area contributed by atoms with Gasteiger partial charge in [0.1, 0.15) is 11.5 Å². The minimum absolute atomic E-state index is 0.173. The summed E-state index contributed by atoms with van der Waals surface area (Å²) < 4.78 is 6.59. The number of furan rings is 1. The van der Waals surface area contributed by atoms with Gasteiger partial charge >= 0.3 is 0 Å². The lowest BCUT2D eigenvalue weighted by molar-refractivity contribution is -0.122. The molecule has 2 heterocycles. The van der Waals surface area contributed by atoms with Crippen molar-refractivity contribution in [3.63, 3.8) is 0 Å². The first kappa shape index (κ1) is 21.9. The monoisotopic (exact) mass is 535 g/mol. The van der Waals surface area contributed by atoms with Crippen LogP contribution in [0.2, 0.25) is 10.0 Å². The predicted molar refractivity (Wildman–Crippen MR) is 125 cm³/mol. The van der Waals surface area contributed by atoms with Gasteiger partial charge in [-0.05, 0) is 54.2 Å². The largest absolute Gasteiger partial charge is 0.457 e. The molecule has 4 rings (SSSR count). The van der Waals surface area contributed by atoms with Gasteiger partial charge in [0.05, 0.1) is 16.5 Å². The minimum Gasteiger partial charge on any atom is -0.457 e. The molecule has 0 atom stereocenters. The van der Waals surface area contributed by atoms with Crippen molar-refractivity contribution in [1.82, 2.24) is 4.90 Å². The van der Waals surface area contributed by atoms with Crippen LogP contribution in [0.25, 0.3) is 17.4 Å². The second-order valence-electron chi connectivity index (χ2n) is 6.52. The van der Waals surface area contributed by atoms with E-state index in [1.807, 2.05) is 0 Å². The van der Waals surface area contributed by atoms with Gasteiger partial charge in [-0.25, -0.2) is 0 Å². The number of imide groups is 1. The number of rotatable bonds is 5. The summed E-state index contributed by atoms with van der Waals surface area (Å²) >= 11 is 16.3. The van der Waals surface area contributed by atoms with E-state index in [0.717, 1.165) is 21.1 Å². The normalized spacial score (nSPS) is 15.2. The summed E-state index contributed by atoms with van der Waals surface area (Å²) in [5.74, 6) is -0.0229. The van der Waals surface area contributed by atoms with Gasteiger partial charge in [-0.2, -0.15) is 0 Å². The summed E-state index contributed by atoms with van der Waals surface area (Å²) in [4.78, 5) is 38.6. The van der Waals surface area contributed by atoms with Crippen LogP contribution in [-0.2, 0) is 4.79 Å². The molecule has 2 amide bonds. The summed E-state index contributed by atoms with van der Waals surface area (Å²) in [6.45, 7) is -0.328. The van der Waals surface area contributed by atoms with E-state index in [4.69, 9.17) is 27.6 Å². The number of carbonyl (C=O) groups is 3. The molecule has 9 heteroatoms. The molecule has 5 nitrogen and oxygen atoms in total.